The van der Waals surface area contributed by atoms with Crippen LogP contribution in [-0.4, -0.2) is 45.1 Å². The molecule has 0 bridgehead atoms. The predicted molar refractivity (Wildman–Crippen MR) is 115 cm³/mol. The minimum Gasteiger partial charge on any atom is -0.369 e. The third kappa shape index (κ3) is 5.03. The van der Waals surface area contributed by atoms with Crippen molar-refractivity contribution in [1.82, 2.24) is 19.9 Å². The zero-order valence-corrected chi connectivity index (χ0v) is 17.0. The molecule has 0 spiro atoms. The van der Waals surface area contributed by atoms with Crippen LogP contribution in [0.15, 0.2) is 23.3 Å². The van der Waals surface area contributed by atoms with Gasteiger partial charge in [-0.25, -0.2) is 9.97 Å². The molecule has 28 heavy (non-hydrogen) atoms. The van der Waals surface area contributed by atoms with Gasteiger partial charge in [-0.15, -0.1) is 24.8 Å². The van der Waals surface area contributed by atoms with E-state index in [0.717, 1.165) is 50.3 Å². The Hall–Kier alpha value is -2.10. The van der Waals surface area contributed by atoms with Gasteiger partial charge in [-0.3, -0.25) is 9.78 Å². The summed E-state index contributed by atoms with van der Waals surface area (Å²) in [6.07, 6.45) is 5.49. The number of nitrogen functional groups attached to an aromatic ring is 1. The Morgan fingerprint density at radius 3 is 2.50 bits per heavy atom. The van der Waals surface area contributed by atoms with Crippen LogP contribution in [-0.2, 0) is 0 Å². The number of halogens is 2. The molecule has 3 heterocycles. The van der Waals surface area contributed by atoms with Crippen LogP contribution < -0.4 is 27.2 Å². The fourth-order valence-electron chi connectivity index (χ4n) is 3.67. The quantitative estimate of drug-likeness (QED) is 0.570. The van der Waals surface area contributed by atoms with Gasteiger partial charge in [0.2, 0.25) is 5.95 Å². The van der Waals surface area contributed by atoms with Gasteiger partial charge in [-0.05, 0) is 25.7 Å². The zero-order chi connectivity index (χ0) is 18.1. The normalized spacial score (nSPS) is 21.8. The van der Waals surface area contributed by atoms with Crippen molar-refractivity contribution < 1.29 is 0 Å². The van der Waals surface area contributed by atoms with Crippen LogP contribution in [0.2, 0.25) is 0 Å². The predicted octanol–water partition coefficient (Wildman–Crippen LogP) is 1.27. The largest absolute Gasteiger partial charge is 0.369 e. The molecule has 0 radical (unpaired) electrons. The second-order valence-corrected chi connectivity index (χ2v) is 7.15. The molecule has 2 aromatic heterocycles. The highest BCUT2D eigenvalue weighted by molar-refractivity contribution is 5.85. The van der Waals surface area contributed by atoms with E-state index in [1.807, 2.05) is 6.07 Å². The molecule has 1 aliphatic carbocycles. The molecular weight excluding hydrogens is 403 g/mol. The Kier molecular flexibility index (Phi) is 7.45. The van der Waals surface area contributed by atoms with Gasteiger partial charge in [-0.2, -0.15) is 4.98 Å². The van der Waals surface area contributed by atoms with Crippen molar-refractivity contribution in [3.8, 4) is 0 Å². The summed E-state index contributed by atoms with van der Waals surface area (Å²) < 4.78 is 0. The van der Waals surface area contributed by atoms with Gasteiger partial charge in [0.25, 0.3) is 5.56 Å². The number of piperidine rings is 1. The minimum atomic E-state index is -0.225. The summed E-state index contributed by atoms with van der Waals surface area (Å²) in [5, 5.41) is 3.51. The summed E-state index contributed by atoms with van der Waals surface area (Å²) in [5.41, 5.74) is 12.4. The van der Waals surface area contributed by atoms with Crippen LogP contribution in [0.4, 0.5) is 17.6 Å². The van der Waals surface area contributed by atoms with Crippen molar-refractivity contribution in [3.63, 3.8) is 0 Å². The van der Waals surface area contributed by atoms with E-state index in [0.29, 0.717) is 23.8 Å². The van der Waals surface area contributed by atoms with E-state index in [4.69, 9.17) is 11.5 Å². The van der Waals surface area contributed by atoms with E-state index in [9.17, 15) is 4.79 Å². The molecule has 9 nitrogen and oxygen atoms in total. The van der Waals surface area contributed by atoms with E-state index in [2.05, 4.69) is 30.2 Å². The molecule has 1 saturated carbocycles. The molecule has 2 fully saturated rings. The number of nitrogens with zero attached hydrogens (tertiary/aromatic N) is 4. The van der Waals surface area contributed by atoms with Crippen molar-refractivity contribution in [2.75, 3.05) is 29.0 Å². The Balaban J connectivity index is 0.00000140. The molecule has 4 rings (SSSR count). The lowest BCUT2D eigenvalue weighted by molar-refractivity contribution is 0.345. The van der Waals surface area contributed by atoms with Crippen molar-refractivity contribution >= 4 is 42.4 Å². The Bertz CT molecular complexity index is 834. The van der Waals surface area contributed by atoms with Crippen LogP contribution in [0.3, 0.4) is 0 Å². The number of nitrogens with two attached hydrogens (primary N) is 2. The van der Waals surface area contributed by atoms with Crippen LogP contribution in [0.5, 0.6) is 0 Å². The van der Waals surface area contributed by atoms with Crippen molar-refractivity contribution in [2.24, 2.45) is 5.73 Å². The molecule has 2 aromatic rings. The molecule has 0 amide bonds. The topological polar surface area (TPSA) is 139 Å². The third-order valence-electron chi connectivity index (χ3n) is 5.20. The molecule has 1 saturated heterocycles. The maximum Gasteiger partial charge on any atom is 0.254 e. The second-order valence-electron chi connectivity index (χ2n) is 7.15. The van der Waals surface area contributed by atoms with E-state index in [-0.39, 0.29) is 36.3 Å². The molecule has 11 heteroatoms. The van der Waals surface area contributed by atoms with Gasteiger partial charge in [0, 0.05) is 48.9 Å². The molecule has 0 atom stereocenters. The molecule has 0 unspecified atom stereocenters. The maximum absolute atomic E-state index is 11.6. The lowest BCUT2D eigenvalue weighted by atomic mass is 9.78. The Labute approximate surface area is 175 Å². The van der Waals surface area contributed by atoms with Crippen LogP contribution in [0.1, 0.15) is 37.3 Å². The number of aromatic nitrogens is 4. The number of hydrogen-bond donors (Lipinski definition) is 4. The molecule has 0 aromatic carbocycles. The molecule has 1 aliphatic heterocycles. The molecular formula is C17H26Cl2N8O. The summed E-state index contributed by atoms with van der Waals surface area (Å²) >= 11 is 0. The molecule has 154 valence electrons. The minimum absolute atomic E-state index is 0. The van der Waals surface area contributed by atoms with E-state index in [1.165, 1.54) is 6.07 Å². The molecule has 6 N–H and O–H groups in total. The first-order valence-electron chi connectivity index (χ1n) is 9.02. The fraction of sp³-hybridized carbons (Fsp3) is 0.529. The van der Waals surface area contributed by atoms with Gasteiger partial charge in [0.15, 0.2) is 0 Å². The van der Waals surface area contributed by atoms with Crippen LogP contribution in [0.25, 0.3) is 0 Å². The highest BCUT2D eigenvalue weighted by atomic mass is 35.5. The Morgan fingerprint density at radius 2 is 1.86 bits per heavy atom. The first-order chi connectivity index (χ1) is 12.6. The fourth-order valence-corrected chi connectivity index (χ4v) is 3.67. The maximum atomic E-state index is 11.6. The smallest absolute Gasteiger partial charge is 0.254 e. The van der Waals surface area contributed by atoms with E-state index < -0.39 is 0 Å². The van der Waals surface area contributed by atoms with Gasteiger partial charge in [0.05, 0.1) is 0 Å². The lowest BCUT2D eigenvalue weighted by Crippen LogP contribution is -2.40. The van der Waals surface area contributed by atoms with Gasteiger partial charge >= 0.3 is 0 Å². The Morgan fingerprint density at radius 1 is 1.14 bits per heavy atom. The average Bonchev–Trinajstić information content (AvgIpc) is 2.59. The second kappa shape index (κ2) is 9.40. The van der Waals surface area contributed by atoms with Crippen LogP contribution in [0, 0.1) is 0 Å². The van der Waals surface area contributed by atoms with Crippen molar-refractivity contribution in [1.29, 1.82) is 0 Å². The van der Waals surface area contributed by atoms with E-state index in [1.54, 1.807) is 6.33 Å². The first-order valence-corrected chi connectivity index (χ1v) is 9.02. The van der Waals surface area contributed by atoms with Gasteiger partial charge < -0.3 is 21.7 Å². The lowest BCUT2D eigenvalue weighted by Gasteiger charge is -2.34. The number of hydrogen-bond acceptors (Lipinski definition) is 8. The number of anilines is 3. The summed E-state index contributed by atoms with van der Waals surface area (Å²) in [6, 6.07) is 4.17. The monoisotopic (exact) mass is 428 g/mol. The van der Waals surface area contributed by atoms with Crippen molar-refractivity contribution in [2.45, 2.75) is 43.7 Å². The molecule has 2 aliphatic rings. The van der Waals surface area contributed by atoms with Crippen LogP contribution >= 0.6 is 24.8 Å². The van der Waals surface area contributed by atoms with E-state index >= 15 is 0 Å². The summed E-state index contributed by atoms with van der Waals surface area (Å²) in [4.78, 5) is 29.1. The number of nitrogens with one attached hydrogen (secondary N) is 2. The summed E-state index contributed by atoms with van der Waals surface area (Å²) in [6.45, 7) is 1.62. The van der Waals surface area contributed by atoms with Gasteiger partial charge in [-0.1, -0.05) is 0 Å². The first kappa shape index (κ1) is 22.2. The number of H-pyrrole nitrogens is 1. The third-order valence-corrected chi connectivity index (χ3v) is 5.20. The highest BCUT2D eigenvalue weighted by Gasteiger charge is 2.29. The average molecular weight is 429 g/mol. The SMILES string of the molecule is Cl.Cl.Nc1nc(N2CCC(Nc3cc(C4CC(N)C4)ncn3)CC2)cc(=O)[nH]1. The standard InChI is InChI=1S/C17H24N8O.2ClH/c18-11-5-10(6-11)13-7-14(21-9-20-13)22-12-1-3-25(4-2-12)15-8-16(26)24-17(19)23-15;;/h7-12H,1-6,18H2,(H,20,21,22)(H3,19,23,24,26);2*1H. The zero-order valence-electron chi connectivity index (χ0n) is 15.4. The van der Waals surface area contributed by atoms with Gasteiger partial charge in [0.1, 0.15) is 18.0 Å². The van der Waals surface area contributed by atoms with Crippen molar-refractivity contribution in [3.05, 3.63) is 34.5 Å². The number of rotatable bonds is 4. The highest BCUT2D eigenvalue weighted by Crippen LogP contribution is 2.35. The summed E-state index contributed by atoms with van der Waals surface area (Å²) in [5.74, 6) is 2.11. The summed E-state index contributed by atoms with van der Waals surface area (Å²) in [7, 11) is 0. The number of aromatic amines is 1.